The lowest BCUT2D eigenvalue weighted by Crippen LogP contribution is -2.23. The lowest BCUT2D eigenvalue weighted by atomic mass is 10.1. The first-order valence-corrected chi connectivity index (χ1v) is 9.41. The number of aryl methyl sites for hydroxylation is 5. The van der Waals surface area contributed by atoms with Gasteiger partial charge in [-0.3, -0.25) is 9.59 Å². The Morgan fingerprint density at radius 3 is 2.48 bits per heavy atom. The molecule has 0 saturated carbocycles. The van der Waals surface area contributed by atoms with E-state index in [0.29, 0.717) is 21.1 Å². The lowest BCUT2D eigenvalue weighted by molar-refractivity contribution is 0.102. The first-order valence-electron chi connectivity index (χ1n) is 8.60. The Hall–Kier alpha value is -2.80. The lowest BCUT2D eigenvalue weighted by Gasteiger charge is -2.08. The Kier molecular flexibility index (Phi) is 4.97. The maximum atomic E-state index is 12.8. The summed E-state index contributed by atoms with van der Waals surface area (Å²) in [5, 5.41) is 7.69. The van der Waals surface area contributed by atoms with Crippen LogP contribution in [-0.4, -0.2) is 20.7 Å². The molecule has 0 fully saturated rings. The average Bonchev–Trinajstić information content (AvgIpc) is 2.97. The fourth-order valence-corrected chi connectivity index (χ4v) is 4.00. The molecule has 0 unspecified atom stereocenters. The number of hydrogen-bond acceptors (Lipinski definition) is 5. The van der Waals surface area contributed by atoms with Gasteiger partial charge in [0.1, 0.15) is 9.88 Å². The minimum Gasteiger partial charge on any atom is -0.321 e. The molecule has 0 aliphatic rings. The molecule has 0 bridgehead atoms. The van der Waals surface area contributed by atoms with Gasteiger partial charge in [0.05, 0.1) is 17.0 Å². The van der Waals surface area contributed by atoms with Crippen molar-refractivity contribution in [3.8, 4) is 10.6 Å². The number of anilines is 1. The van der Waals surface area contributed by atoms with Gasteiger partial charge in [0.25, 0.3) is 11.5 Å². The van der Waals surface area contributed by atoms with Crippen LogP contribution in [-0.2, 0) is 7.05 Å². The minimum absolute atomic E-state index is 0.215. The van der Waals surface area contributed by atoms with Crippen LogP contribution in [0.15, 0.2) is 23.0 Å². The van der Waals surface area contributed by atoms with Crippen molar-refractivity contribution in [2.45, 2.75) is 34.6 Å². The Bertz CT molecular complexity index is 1110. The van der Waals surface area contributed by atoms with Crippen LogP contribution >= 0.6 is 11.3 Å². The molecule has 0 radical (unpaired) electrons. The van der Waals surface area contributed by atoms with Gasteiger partial charge in [-0.2, -0.15) is 5.10 Å². The largest absolute Gasteiger partial charge is 0.321 e. The predicted molar refractivity (Wildman–Crippen MR) is 109 cm³/mol. The van der Waals surface area contributed by atoms with Crippen molar-refractivity contribution in [2.75, 3.05) is 5.32 Å². The van der Waals surface area contributed by atoms with Crippen molar-refractivity contribution in [3.63, 3.8) is 0 Å². The summed E-state index contributed by atoms with van der Waals surface area (Å²) in [5.41, 5.74) is 5.35. The van der Waals surface area contributed by atoms with E-state index in [0.717, 1.165) is 28.1 Å². The van der Waals surface area contributed by atoms with Crippen LogP contribution in [0.3, 0.4) is 0 Å². The van der Waals surface area contributed by atoms with Gasteiger partial charge < -0.3 is 5.32 Å². The van der Waals surface area contributed by atoms with Gasteiger partial charge in [-0.1, -0.05) is 17.7 Å². The van der Waals surface area contributed by atoms with E-state index in [1.54, 1.807) is 14.0 Å². The standard InChI is InChI=1S/C20H22N4O2S/c1-10-7-8-15(11(2)9-10)22-18(25)17-14(5)21-19(27-17)16-12(3)13(4)23-24(6)20(16)26/h7-9H,1-6H3,(H,22,25). The van der Waals surface area contributed by atoms with E-state index in [9.17, 15) is 9.59 Å². The van der Waals surface area contributed by atoms with E-state index >= 15 is 0 Å². The summed E-state index contributed by atoms with van der Waals surface area (Å²) < 4.78 is 1.31. The van der Waals surface area contributed by atoms with Crippen LogP contribution in [0.4, 0.5) is 5.69 Å². The molecule has 2 heterocycles. The molecule has 3 rings (SSSR count). The molecule has 27 heavy (non-hydrogen) atoms. The highest BCUT2D eigenvalue weighted by molar-refractivity contribution is 7.17. The van der Waals surface area contributed by atoms with Gasteiger partial charge in [-0.25, -0.2) is 9.67 Å². The Morgan fingerprint density at radius 1 is 1.11 bits per heavy atom. The van der Waals surface area contributed by atoms with E-state index < -0.39 is 0 Å². The molecule has 0 aliphatic carbocycles. The zero-order valence-corrected chi connectivity index (χ0v) is 17.1. The summed E-state index contributed by atoms with van der Waals surface area (Å²) in [5.74, 6) is -0.219. The van der Waals surface area contributed by atoms with Crippen molar-refractivity contribution in [1.82, 2.24) is 14.8 Å². The number of aromatic nitrogens is 3. The third-order valence-electron chi connectivity index (χ3n) is 4.57. The second kappa shape index (κ2) is 7.08. The first-order chi connectivity index (χ1) is 12.7. The van der Waals surface area contributed by atoms with Crippen molar-refractivity contribution in [2.24, 2.45) is 7.05 Å². The van der Waals surface area contributed by atoms with Crippen LogP contribution in [0.25, 0.3) is 10.6 Å². The molecule has 1 amide bonds. The zero-order valence-electron chi connectivity index (χ0n) is 16.3. The first kappa shape index (κ1) is 19.0. The van der Waals surface area contributed by atoms with Crippen molar-refractivity contribution in [3.05, 3.63) is 61.5 Å². The smallest absolute Gasteiger partial charge is 0.277 e. The monoisotopic (exact) mass is 382 g/mol. The number of rotatable bonds is 3. The highest BCUT2D eigenvalue weighted by Gasteiger charge is 2.21. The number of amides is 1. The highest BCUT2D eigenvalue weighted by Crippen LogP contribution is 2.29. The molecule has 0 saturated heterocycles. The van der Waals surface area contributed by atoms with Crippen LogP contribution in [0, 0.1) is 34.6 Å². The van der Waals surface area contributed by atoms with E-state index in [1.165, 1.54) is 16.0 Å². The van der Waals surface area contributed by atoms with Crippen molar-refractivity contribution < 1.29 is 4.79 Å². The van der Waals surface area contributed by atoms with E-state index in [1.807, 2.05) is 45.9 Å². The summed E-state index contributed by atoms with van der Waals surface area (Å²) in [4.78, 5) is 30.4. The predicted octanol–water partition coefficient (Wildman–Crippen LogP) is 3.70. The quantitative estimate of drug-likeness (QED) is 0.749. The normalized spacial score (nSPS) is 10.9. The van der Waals surface area contributed by atoms with Gasteiger partial charge in [0, 0.05) is 12.7 Å². The van der Waals surface area contributed by atoms with Crippen LogP contribution in [0.1, 0.15) is 37.7 Å². The highest BCUT2D eigenvalue weighted by atomic mass is 32.1. The number of carbonyl (C=O) groups excluding carboxylic acids is 1. The van der Waals surface area contributed by atoms with Crippen molar-refractivity contribution >= 4 is 22.9 Å². The maximum Gasteiger partial charge on any atom is 0.277 e. The molecule has 140 valence electrons. The maximum absolute atomic E-state index is 12.8. The number of nitrogens with one attached hydrogen (secondary N) is 1. The van der Waals surface area contributed by atoms with Gasteiger partial charge >= 0.3 is 0 Å². The number of carbonyl (C=O) groups is 1. The second-order valence-corrected chi connectivity index (χ2v) is 7.72. The molecule has 0 spiro atoms. The molecule has 6 nitrogen and oxygen atoms in total. The van der Waals surface area contributed by atoms with E-state index in [4.69, 9.17) is 0 Å². The summed E-state index contributed by atoms with van der Waals surface area (Å²) in [7, 11) is 1.62. The van der Waals surface area contributed by atoms with Crippen LogP contribution < -0.4 is 10.9 Å². The zero-order chi connectivity index (χ0) is 19.9. The molecule has 7 heteroatoms. The third kappa shape index (κ3) is 3.55. The molecular weight excluding hydrogens is 360 g/mol. The van der Waals surface area contributed by atoms with Gasteiger partial charge in [0.15, 0.2) is 0 Å². The molecule has 0 atom stereocenters. The number of benzene rings is 1. The second-order valence-electron chi connectivity index (χ2n) is 6.72. The minimum atomic E-state index is -0.219. The summed E-state index contributed by atoms with van der Waals surface area (Å²) in [6.45, 7) is 9.46. The summed E-state index contributed by atoms with van der Waals surface area (Å²) in [6, 6.07) is 5.87. The molecule has 1 aromatic carbocycles. The van der Waals surface area contributed by atoms with Crippen LogP contribution in [0.5, 0.6) is 0 Å². The fraction of sp³-hybridized carbons (Fsp3) is 0.300. The van der Waals surface area contributed by atoms with Gasteiger partial charge in [-0.15, -0.1) is 11.3 Å². The summed E-state index contributed by atoms with van der Waals surface area (Å²) in [6.07, 6.45) is 0. The van der Waals surface area contributed by atoms with Crippen LogP contribution in [0.2, 0.25) is 0 Å². The Labute approximate surface area is 161 Å². The molecule has 1 N–H and O–H groups in total. The Balaban J connectivity index is 2.00. The van der Waals surface area contributed by atoms with Gasteiger partial charge in [-0.05, 0) is 51.8 Å². The Morgan fingerprint density at radius 2 is 1.81 bits per heavy atom. The van der Waals surface area contributed by atoms with E-state index in [2.05, 4.69) is 15.4 Å². The average molecular weight is 382 g/mol. The third-order valence-corrected chi connectivity index (χ3v) is 5.75. The SMILES string of the molecule is Cc1ccc(NC(=O)c2sc(-c3c(C)c(C)nn(C)c3=O)nc2C)c(C)c1. The number of hydrogen-bond donors (Lipinski definition) is 1. The molecule has 3 aromatic rings. The topological polar surface area (TPSA) is 76.9 Å². The number of nitrogens with zero attached hydrogens (tertiary/aromatic N) is 3. The van der Waals surface area contributed by atoms with E-state index in [-0.39, 0.29) is 11.5 Å². The molecular formula is C20H22N4O2S. The van der Waals surface area contributed by atoms with Gasteiger partial charge in [0.2, 0.25) is 0 Å². The molecule has 2 aromatic heterocycles. The van der Waals surface area contributed by atoms with Crippen molar-refractivity contribution in [1.29, 1.82) is 0 Å². The number of thiazole rings is 1. The molecule has 0 aliphatic heterocycles. The summed E-state index contributed by atoms with van der Waals surface area (Å²) >= 11 is 1.23. The fourth-order valence-electron chi connectivity index (χ4n) is 2.95.